The van der Waals surface area contributed by atoms with Crippen LogP contribution in [0.15, 0.2) is 18.2 Å². The van der Waals surface area contributed by atoms with Gasteiger partial charge >= 0.3 is 0 Å². The molecule has 0 fully saturated rings. The number of nitrogens with zero attached hydrogens (tertiary/aromatic N) is 1. The first-order valence-corrected chi connectivity index (χ1v) is 5.07. The number of nitrogens with two attached hydrogens (primary N) is 1. The lowest BCUT2D eigenvalue weighted by atomic mass is 10.1. The van der Waals surface area contributed by atoms with Crippen molar-refractivity contribution in [1.29, 1.82) is 0 Å². The maximum atomic E-state index is 11.8. The first-order chi connectivity index (χ1) is 7.70. The minimum atomic E-state index is -0.554. The van der Waals surface area contributed by atoms with Gasteiger partial charge in [-0.25, -0.2) is 0 Å². The molecule has 6 heteroatoms. The molecule has 1 aromatic rings. The Morgan fingerprint density at radius 2 is 2.00 bits per heavy atom. The molecule has 0 heterocycles. The Labute approximate surface area is 99.0 Å². The maximum Gasteiger partial charge on any atom is 0.271 e. The Kier molecular flexibility index (Phi) is 3.36. The van der Waals surface area contributed by atoms with Crippen LogP contribution in [0.1, 0.15) is 31.1 Å². The summed E-state index contributed by atoms with van der Waals surface area (Å²) in [6.07, 6.45) is 0. The molecule has 1 rings (SSSR count). The molecule has 0 atom stereocenters. The molecule has 0 saturated carbocycles. The number of nitrogen functional groups attached to an aromatic ring is 1. The van der Waals surface area contributed by atoms with E-state index in [1.165, 1.54) is 18.2 Å². The van der Waals surface area contributed by atoms with Gasteiger partial charge in [-0.1, -0.05) is 0 Å². The molecule has 0 unspecified atom stereocenters. The summed E-state index contributed by atoms with van der Waals surface area (Å²) < 4.78 is 0. The first kappa shape index (κ1) is 13.0. The molecule has 0 aromatic heterocycles. The summed E-state index contributed by atoms with van der Waals surface area (Å²) in [5.41, 5.74) is 5.44. The van der Waals surface area contributed by atoms with E-state index in [4.69, 9.17) is 5.73 Å². The number of benzene rings is 1. The minimum absolute atomic E-state index is 0.0981. The average Bonchev–Trinajstić information content (AvgIpc) is 2.14. The highest BCUT2D eigenvalue weighted by molar-refractivity contribution is 5.99. The van der Waals surface area contributed by atoms with E-state index in [1.807, 2.05) is 20.8 Å². The number of carbonyl (C=O) groups excluding carboxylic acids is 1. The predicted molar refractivity (Wildman–Crippen MR) is 64.7 cm³/mol. The van der Waals surface area contributed by atoms with Crippen molar-refractivity contribution in [3.05, 3.63) is 33.9 Å². The first-order valence-electron chi connectivity index (χ1n) is 5.07. The second kappa shape index (κ2) is 4.40. The van der Waals surface area contributed by atoms with Gasteiger partial charge in [0.1, 0.15) is 0 Å². The van der Waals surface area contributed by atoms with Crippen LogP contribution in [0.4, 0.5) is 11.4 Å². The average molecular weight is 237 g/mol. The zero-order chi connectivity index (χ0) is 13.2. The van der Waals surface area contributed by atoms with E-state index in [-0.39, 0.29) is 28.4 Å². The van der Waals surface area contributed by atoms with Crippen LogP contribution in [-0.2, 0) is 0 Å². The Morgan fingerprint density at radius 3 is 2.41 bits per heavy atom. The van der Waals surface area contributed by atoms with E-state index in [9.17, 15) is 14.9 Å². The Bertz CT molecular complexity index is 464. The fourth-order valence-corrected chi connectivity index (χ4v) is 1.28. The summed E-state index contributed by atoms with van der Waals surface area (Å²) in [6, 6.07) is 3.79. The van der Waals surface area contributed by atoms with Gasteiger partial charge in [-0.05, 0) is 26.8 Å². The molecular formula is C11H15N3O3. The van der Waals surface area contributed by atoms with Crippen molar-refractivity contribution in [2.24, 2.45) is 0 Å². The Balaban J connectivity index is 3.00. The number of nitro benzene ring substituents is 1. The van der Waals surface area contributed by atoms with Crippen LogP contribution in [-0.4, -0.2) is 16.4 Å². The summed E-state index contributed by atoms with van der Waals surface area (Å²) >= 11 is 0. The SMILES string of the molecule is CC(C)(C)NC(=O)c1ccc([N+](=O)[O-])cc1N. The van der Waals surface area contributed by atoms with Crippen LogP contribution in [0, 0.1) is 10.1 Å². The van der Waals surface area contributed by atoms with Crippen molar-refractivity contribution >= 4 is 17.3 Å². The number of hydrogen-bond acceptors (Lipinski definition) is 4. The van der Waals surface area contributed by atoms with Crippen LogP contribution in [0.2, 0.25) is 0 Å². The summed E-state index contributed by atoms with van der Waals surface area (Å²) in [5, 5.41) is 13.2. The lowest BCUT2D eigenvalue weighted by molar-refractivity contribution is -0.384. The molecule has 0 aliphatic heterocycles. The number of non-ortho nitro benzene ring substituents is 1. The Morgan fingerprint density at radius 1 is 1.41 bits per heavy atom. The highest BCUT2D eigenvalue weighted by Crippen LogP contribution is 2.20. The van der Waals surface area contributed by atoms with Gasteiger partial charge in [0.05, 0.1) is 16.2 Å². The van der Waals surface area contributed by atoms with Gasteiger partial charge in [-0.3, -0.25) is 14.9 Å². The van der Waals surface area contributed by atoms with Crippen LogP contribution in [0.25, 0.3) is 0 Å². The number of hydrogen-bond donors (Lipinski definition) is 2. The lowest BCUT2D eigenvalue weighted by Gasteiger charge is -2.20. The highest BCUT2D eigenvalue weighted by atomic mass is 16.6. The van der Waals surface area contributed by atoms with E-state index < -0.39 is 4.92 Å². The third-order valence-electron chi connectivity index (χ3n) is 1.98. The predicted octanol–water partition coefficient (Wildman–Crippen LogP) is 1.71. The molecule has 0 radical (unpaired) electrons. The van der Waals surface area contributed by atoms with Gasteiger partial charge in [-0.2, -0.15) is 0 Å². The van der Waals surface area contributed by atoms with Crippen LogP contribution >= 0.6 is 0 Å². The van der Waals surface area contributed by atoms with Gasteiger partial charge in [0.2, 0.25) is 0 Å². The number of amides is 1. The second-order valence-electron chi connectivity index (χ2n) is 4.73. The smallest absolute Gasteiger partial charge is 0.271 e. The van der Waals surface area contributed by atoms with Gasteiger partial charge in [0, 0.05) is 17.7 Å². The number of anilines is 1. The van der Waals surface area contributed by atoms with E-state index in [2.05, 4.69) is 5.32 Å². The molecule has 1 aromatic carbocycles. The molecule has 0 aliphatic carbocycles. The summed E-state index contributed by atoms with van der Waals surface area (Å²) in [5.74, 6) is -0.343. The van der Waals surface area contributed by atoms with Crippen LogP contribution in [0.3, 0.4) is 0 Å². The third-order valence-corrected chi connectivity index (χ3v) is 1.98. The molecule has 3 N–H and O–H groups in total. The van der Waals surface area contributed by atoms with E-state index in [0.29, 0.717) is 0 Å². The minimum Gasteiger partial charge on any atom is -0.398 e. The van der Waals surface area contributed by atoms with Crippen molar-refractivity contribution in [3.63, 3.8) is 0 Å². The molecule has 17 heavy (non-hydrogen) atoms. The van der Waals surface area contributed by atoms with Crippen molar-refractivity contribution in [3.8, 4) is 0 Å². The van der Waals surface area contributed by atoms with Crippen molar-refractivity contribution in [2.75, 3.05) is 5.73 Å². The van der Waals surface area contributed by atoms with Crippen molar-refractivity contribution in [2.45, 2.75) is 26.3 Å². The zero-order valence-corrected chi connectivity index (χ0v) is 9.98. The van der Waals surface area contributed by atoms with E-state index in [1.54, 1.807) is 0 Å². The molecule has 0 saturated heterocycles. The molecule has 92 valence electrons. The largest absolute Gasteiger partial charge is 0.398 e. The van der Waals surface area contributed by atoms with E-state index >= 15 is 0 Å². The third kappa shape index (κ3) is 3.44. The number of nitro groups is 1. The molecule has 0 aliphatic rings. The van der Waals surface area contributed by atoms with Gasteiger partial charge < -0.3 is 11.1 Å². The van der Waals surface area contributed by atoms with Crippen molar-refractivity contribution in [1.82, 2.24) is 5.32 Å². The number of nitrogens with one attached hydrogen (secondary N) is 1. The molecule has 1 amide bonds. The lowest BCUT2D eigenvalue weighted by Crippen LogP contribution is -2.40. The highest BCUT2D eigenvalue weighted by Gasteiger charge is 2.18. The number of rotatable bonds is 2. The van der Waals surface area contributed by atoms with Gasteiger partial charge in [0.25, 0.3) is 11.6 Å². The Hall–Kier alpha value is -2.11. The monoisotopic (exact) mass is 237 g/mol. The molecule has 0 bridgehead atoms. The summed E-state index contributed by atoms with van der Waals surface area (Å²) in [4.78, 5) is 21.8. The maximum absolute atomic E-state index is 11.8. The normalized spacial score (nSPS) is 11.0. The summed E-state index contributed by atoms with van der Waals surface area (Å²) in [7, 11) is 0. The topological polar surface area (TPSA) is 98.3 Å². The van der Waals surface area contributed by atoms with Gasteiger partial charge in [-0.15, -0.1) is 0 Å². The van der Waals surface area contributed by atoms with Crippen LogP contribution < -0.4 is 11.1 Å². The molecular weight excluding hydrogens is 222 g/mol. The second-order valence-corrected chi connectivity index (χ2v) is 4.73. The molecule has 0 spiro atoms. The summed E-state index contributed by atoms with van der Waals surface area (Å²) in [6.45, 7) is 5.52. The fraction of sp³-hybridized carbons (Fsp3) is 0.364. The van der Waals surface area contributed by atoms with Crippen LogP contribution in [0.5, 0.6) is 0 Å². The quantitative estimate of drug-likeness (QED) is 0.464. The van der Waals surface area contributed by atoms with Gasteiger partial charge in [0.15, 0.2) is 0 Å². The zero-order valence-electron chi connectivity index (χ0n) is 9.98. The number of carbonyl (C=O) groups is 1. The van der Waals surface area contributed by atoms with E-state index in [0.717, 1.165) is 0 Å². The molecule has 6 nitrogen and oxygen atoms in total. The fourth-order valence-electron chi connectivity index (χ4n) is 1.28. The van der Waals surface area contributed by atoms with Crippen molar-refractivity contribution < 1.29 is 9.72 Å². The standard InChI is InChI=1S/C11H15N3O3/c1-11(2,3)13-10(15)8-5-4-7(14(16)17)6-9(8)12/h4-6H,12H2,1-3H3,(H,13,15).